The lowest BCUT2D eigenvalue weighted by molar-refractivity contribution is 0.102. The standard InChI is InChI=1S/C11H15N5OS/c1-5-16-7(3)9(6(2)14-16)12-11(17)10-8(4)18-15-13-10/h5H2,1-4H3,(H,12,17). The van der Waals surface area contributed by atoms with Crippen LogP contribution >= 0.6 is 11.5 Å². The number of aryl methyl sites for hydroxylation is 3. The maximum absolute atomic E-state index is 12.1. The van der Waals surface area contributed by atoms with Gasteiger partial charge < -0.3 is 5.32 Å². The Morgan fingerprint density at radius 2 is 2.11 bits per heavy atom. The Hall–Kier alpha value is -1.76. The number of nitrogens with zero attached hydrogens (tertiary/aromatic N) is 4. The van der Waals surface area contributed by atoms with Crippen molar-refractivity contribution >= 4 is 23.1 Å². The lowest BCUT2D eigenvalue weighted by Gasteiger charge is -2.04. The van der Waals surface area contributed by atoms with Gasteiger partial charge in [-0.25, -0.2) is 0 Å². The molecule has 1 N–H and O–H groups in total. The molecule has 2 aromatic heterocycles. The van der Waals surface area contributed by atoms with Crippen molar-refractivity contribution in [1.29, 1.82) is 0 Å². The van der Waals surface area contributed by atoms with E-state index < -0.39 is 0 Å². The normalized spacial score (nSPS) is 10.7. The summed E-state index contributed by atoms with van der Waals surface area (Å²) in [7, 11) is 0. The number of rotatable bonds is 3. The molecule has 96 valence electrons. The van der Waals surface area contributed by atoms with Crippen LogP contribution in [0.2, 0.25) is 0 Å². The Kier molecular flexibility index (Phi) is 3.42. The number of anilines is 1. The summed E-state index contributed by atoms with van der Waals surface area (Å²) in [6.07, 6.45) is 0. The maximum atomic E-state index is 12.1. The molecule has 2 rings (SSSR count). The molecule has 0 atom stereocenters. The Morgan fingerprint density at radius 3 is 2.61 bits per heavy atom. The van der Waals surface area contributed by atoms with Gasteiger partial charge in [0.25, 0.3) is 5.91 Å². The summed E-state index contributed by atoms with van der Waals surface area (Å²) in [6.45, 7) is 8.43. The Labute approximate surface area is 109 Å². The fraction of sp³-hybridized carbons (Fsp3) is 0.455. The molecule has 2 heterocycles. The zero-order chi connectivity index (χ0) is 13.3. The molecule has 7 heteroatoms. The first-order chi connectivity index (χ1) is 8.54. The quantitative estimate of drug-likeness (QED) is 0.920. The lowest BCUT2D eigenvalue weighted by atomic mass is 10.3. The second-order valence-corrected chi connectivity index (χ2v) is 4.95. The summed E-state index contributed by atoms with van der Waals surface area (Å²) in [6, 6.07) is 0. The molecule has 0 aliphatic carbocycles. The molecule has 1 amide bonds. The van der Waals surface area contributed by atoms with Gasteiger partial charge in [0.2, 0.25) is 0 Å². The van der Waals surface area contributed by atoms with Crippen LogP contribution in [0.3, 0.4) is 0 Å². The molecule has 0 saturated heterocycles. The van der Waals surface area contributed by atoms with Crippen molar-refractivity contribution in [1.82, 2.24) is 19.4 Å². The number of carbonyl (C=O) groups excluding carboxylic acids is 1. The number of nitrogens with one attached hydrogen (secondary N) is 1. The van der Waals surface area contributed by atoms with Crippen molar-refractivity contribution < 1.29 is 4.79 Å². The zero-order valence-electron chi connectivity index (χ0n) is 10.8. The second kappa shape index (κ2) is 4.85. The van der Waals surface area contributed by atoms with Gasteiger partial charge >= 0.3 is 0 Å². The third-order valence-electron chi connectivity index (χ3n) is 2.79. The molecular formula is C11H15N5OS. The molecule has 2 aromatic rings. The summed E-state index contributed by atoms with van der Waals surface area (Å²) < 4.78 is 5.62. The van der Waals surface area contributed by atoms with Crippen LogP contribution in [0.15, 0.2) is 0 Å². The predicted molar refractivity (Wildman–Crippen MR) is 70.0 cm³/mol. The van der Waals surface area contributed by atoms with E-state index in [0.29, 0.717) is 5.69 Å². The van der Waals surface area contributed by atoms with Crippen LogP contribution in [0.5, 0.6) is 0 Å². The fourth-order valence-corrected chi connectivity index (χ4v) is 2.26. The van der Waals surface area contributed by atoms with Gasteiger partial charge in [-0.1, -0.05) is 4.49 Å². The van der Waals surface area contributed by atoms with Crippen molar-refractivity contribution in [2.75, 3.05) is 5.32 Å². The van der Waals surface area contributed by atoms with Gasteiger partial charge in [-0.05, 0) is 39.2 Å². The van der Waals surface area contributed by atoms with Crippen LogP contribution < -0.4 is 5.32 Å². The SMILES string of the molecule is CCn1nc(C)c(NC(=O)c2nnsc2C)c1C. The van der Waals surface area contributed by atoms with Gasteiger partial charge in [-0.2, -0.15) is 5.10 Å². The number of carbonyl (C=O) groups is 1. The first kappa shape index (κ1) is 12.7. The summed E-state index contributed by atoms with van der Waals surface area (Å²) in [5.41, 5.74) is 2.89. The Balaban J connectivity index is 2.27. The Bertz CT molecular complexity index is 586. The van der Waals surface area contributed by atoms with Crippen LogP contribution in [0.1, 0.15) is 33.7 Å². The molecule has 18 heavy (non-hydrogen) atoms. The molecule has 0 spiro atoms. The van der Waals surface area contributed by atoms with Crippen molar-refractivity contribution in [2.24, 2.45) is 0 Å². The lowest BCUT2D eigenvalue weighted by Crippen LogP contribution is -2.14. The minimum Gasteiger partial charge on any atom is -0.317 e. The van der Waals surface area contributed by atoms with Gasteiger partial charge in [0, 0.05) is 6.54 Å². The molecule has 0 unspecified atom stereocenters. The molecule has 0 aromatic carbocycles. The molecule has 0 bridgehead atoms. The van der Waals surface area contributed by atoms with Crippen molar-refractivity contribution in [3.05, 3.63) is 22.0 Å². The molecule has 0 aliphatic heterocycles. The summed E-state index contributed by atoms with van der Waals surface area (Å²) in [5.74, 6) is -0.233. The predicted octanol–water partition coefficient (Wildman–Crippen LogP) is 1.93. The van der Waals surface area contributed by atoms with E-state index in [9.17, 15) is 4.79 Å². The van der Waals surface area contributed by atoms with E-state index in [0.717, 1.165) is 28.5 Å². The largest absolute Gasteiger partial charge is 0.317 e. The highest BCUT2D eigenvalue weighted by Crippen LogP contribution is 2.20. The topological polar surface area (TPSA) is 72.7 Å². The molecule has 0 aliphatic rings. The van der Waals surface area contributed by atoms with E-state index >= 15 is 0 Å². The summed E-state index contributed by atoms with van der Waals surface area (Å²) in [5, 5.41) is 11.0. The number of amides is 1. The highest BCUT2D eigenvalue weighted by molar-refractivity contribution is 7.05. The van der Waals surface area contributed by atoms with Crippen LogP contribution in [0, 0.1) is 20.8 Å². The van der Waals surface area contributed by atoms with Crippen LogP contribution in [0.25, 0.3) is 0 Å². The average Bonchev–Trinajstić information content (AvgIpc) is 2.87. The summed E-state index contributed by atoms with van der Waals surface area (Å²) >= 11 is 1.22. The monoisotopic (exact) mass is 265 g/mol. The third-order valence-corrected chi connectivity index (χ3v) is 3.42. The number of hydrogen-bond donors (Lipinski definition) is 1. The van der Waals surface area contributed by atoms with Crippen molar-refractivity contribution in [3.8, 4) is 0 Å². The molecule has 0 radical (unpaired) electrons. The number of hydrogen-bond acceptors (Lipinski definition) is 5. The van der Waals surface area contributed by atoms with Crippen LogP contribution in [-0.4, -0.2) is 25.3 Å². The fourth-order valence-electron chi connectivity index (χ4n) is 1.80. The van der Waals surface area contributed by atoms with Gasteiger partial charge in [0.05, 0.1) is 22.0 Å². The van der Waals surface area contributed by atoms with E-state index in [2.05, 4.69) is 20.0 Å². The smallest absolute Gasteiger partial charge is 0.277 e. The first-order valence-corrected chi connectivity index (χ1v) is 6.46. The van der Waals surface area contributed by atoms with Gasteiger partial charge in [0.15, 0.2) is 5.69 Å². The molecule has 0 saturated carbocycles. The van der Waals surface area contributed by atoms with E-state index in [-0.39, 0.29) is 5.91 Å². The van der Waals surface area contributed by atoms with E-state index in [4.69, 9.17) is 0 Å². The Morgan fingerprint density at radius 1 is 1.39 bits per heavy atom. The van der Waals surface area contributed by atoms with Gasteiger partial charge in [0.1, 0.15) is 0 Å². The van der Waals surface area contributed by atoms with Crippen molar-refractivity contribution in [3.63, 3.8) is 0 Å². The second-order valence-electron chi connectivity index (χ2n) is 3.99. The first-order valence-electron chi connectivity index (χ1n) is 5.68. The molecule has 0 fully saturated rings. The average molecular weight is 265 g/mol. The van der Waals surface area contributed by atoms with Crippen LogP contribution in [0.4, 0.5) is 5.69 Å². The highest BCUT2D eigenvalue weighted by Gasteiger charge is 2.18. The van der Waals surface area contributed by atoms with E-state index in [1.165, 1.54) is 11.5 Å². The van der Waals surface area contributed by atoms with Crippen LogP contribution in [-0.2, 0) is 6.54 Å². The minimum absolute atomic E-state index is 0.233. The minimum atomic E-state index is -0.233. The zero-order valence-corrected chi connectivity index (χ0v) is 11.6. The number of aromatic nitrogens is 4. The summed E-state index contributed by atoms with van der Waals surface area (Å²) in [4.78, 5) is 12.9. The maximum Gasteiger partial charge on any atom is 0.277 e. The highest BCUT2D eigenvalue weighted by atomic mass is 32.1. The van der Waals surface area contributed by atoms with Crippen molar-refractivity contribution in [2.45, 2.75) is 34.2 Å². The van der Waals surface area contributed by atoms with E-state index in [1.807, 2.05) is 32.4 Å². The van der Waals surface area contributed by atoms with Gasteiger partial charge in [-0.15, -0.1) is 5.10 Å². The molecule has 6 nitrogen and oxygen atoms in total. The van der Waals surface area contributed by atoms with E-state index in [1.54, 1.807) is 0 Å². The molecular weight excluding hydrogens is 250 g/mol. The van der Waals surface area contributed by atoms with Gasteiger partial charge in [-0.3, -0.25) is 9.48 Å². The third kappa shape index (κ3) is 2.13.